The fourth-order valence-electron chi connectivity index (χ4n) is 2.29. The maximum Gasteiger partial charge on any atom is 0.324 e. The number of carbonyl (C=O) groups excluding carboxylic acids is 4. The van der Waals surface area contributed by atoms with Crippen molar-refractivity contribution in [2.75, 3.05) is 13.2 Å². The molecule has 1 aromatic carbocycles. The van der Waals surface area contributed by atoms with Gasteiger partial charge in [-0.1, -0.05) is 12.1 Å². The van der Waals surface area contributed by atoms with Gasteiger partial charge in [0.25, 0.3) is 11.8 Å². The van der Waals surface area contributed by atoms with Crippen molar-refractivity contribution in [3.63, 3.8) is 0 Å². The molecule has 0 radical (unpaired) electrons. The number of carbonyl (C=O) groups is 4. The van der Waals surface area contributed by atoms with Crippen molar-refractivity contribution >= 4 is 23.8 Å². The summed E-state index contributed by atoms with van der Waals surface area (Å²) in [5.41, 5.74) is 0.248. The van der Waals surface area contributed by atoms with Gasteiger partial charge in [-0.2, -0.15) is 0 Å². The van der Waals surface area contributed by atoms with Crippen molar-refractivity contribution in [1.82, 2.24) is 5.32 Å². The summed E-state index contributed by atoms with van der Waals surface area (Å²) in [6.07, 6.45) is 0. The Morgan fingerprint density at radius 1 is 1.05 bits per heavy atom. The third-order valence-corrected chi connectivity index (χ3v) is 3.15. The SMILES string of the molecule is CCOC(=O)C(C(=O)OCC)c1cccc2c1C(=O)NC2=O. The summed E-state index contributed by atoms with van der Waals surface area (Å²) in [6.45, 7) is 3.36. The van der Waals surface area contributed by atoms with E-state index in [4.69, 9.17) is 9.47 Å². The first-order chi connectivity index (χ1) is 10.5. The molecule has 1 aliphatic rings. The van der Waals surface area contributed by atoms with E-state index in [9.17, 15) is 19.2 Å². The van der Waals surface area contributed by atoms with Crippen LogP contribution in [0, 0.1) is 0 Å². The number of hydrogen-bond acceptors (Lipinski definition) is 6. The van der Waals surface area contributed by atoms with Crippen LogP contribution in [-0.4, -0.2) is 37.0 Å². The molecule has 2 rings (SSSR count). The normalized spacial score (nSPS) is 12.9. The van der Waals surface area contributed by atoms with Crippen LogP contribution in [0.2, 0.25) is 0 Å². The second-order valence-electron chi connectivity index (χ2n) is 4.49. The lowest BCUT2D eigenvalue weighted by atomic mass is 9.92. The minimum Gasteiger partial charge on any atom is -0.465 e. The molecule has 0 aliphatic carbocycles. The molecule has 22 heavy (non-hydrogen) atoms. The molecule has 0 unspecified atom stereocenters. The van der Waals surface area contributed by atoms with Gasteiger partial charge in [-0.25, -0.2) is 0 Å². The topological polar surface area (TPSA) is 98.8 Å². The van der Waals surface area contributed by atoms with Gasteiger partial charge in [-0.05, 0) is 25.5 Å². The van der Waals surface area contributed by atoms with Crippen molar-refractivity contribution in [2.24, 2.45) is 0 Å². The number of esters is 2. The summed E-state index contributed by atoms with van der Waals surface area (Å²) < 4.78 is 9.78. The number of nitrogens with one attached hydrogen (secondary N) is 1. The van der Waals surface area contributed by atoms with E-state index in [1.165, 1.54) is 18.2 Å². The average Bonchev–Trinajstić information content (AvgIpc) is 2.76. The second-order valence-corrected chi connectivity index (χ2v) is 4.49. The molecule has 116 valence electrons. The molecule has 0 bridgehead atoms. The fourth-order valence-corrected chi connectivity index (χ4v) is 2.29. The smallest absolute Gasteiger partial charge is 0.324 e. The third-order valence-electron chi connectivity index (χ3n) is 3.15. The van der Waals surface area contributed by atoms with Crippen molar-refractivity contribution in [3.8, 4) is 0 Å². The van der Waals surface area contributed by atoms with Crippen LogP contribution in [0.3, 0.4) is 0 Å². The van der Waals surface area contributed by atoms with Gasteiger partial charge >= 0.3 is 11.9 Å². The van der Waals surface area contributed by atoms with Gasteiger partial charge in [-0.3, -0.25) is 24.5 Å². The summed E-state index contributed by atoms with van der Waals surface area (Å²) in [6, 6.07) is 4.39. The molecule has 0 aromatic heterocycles. The molecule has 1 aromatic rings. The van der Waals surface area contributed by atoms with Gasteiger partial charge in [0, 0.05) is 0 Å². The van der Waals surface area contributed by atoms with Gasteiger partial charge in [-0.15, -0.1) is 0 Å². The number of fused-ring (bicyclic) bond motifs is 1. The van der Waals surface area contributed by atoms with Crippen LogP contribution < -0.4 is 5.32 Å². The minimum absolute atomic E-state index is 0.0126. The zero-order chi connectivity index (χ0) is 16.3. The highest BCUT2D eigenvalue weighted by atomic mass is 16.6. The largest absolute Gasteiger partial charge is 0.465 e. The maximum absolute atomic E-state index is 12.1. The van der Waals surface area contributed by atoms with Crippen molar-refractivity contribution in [3.05, 3.63) is 34.9 Å². The van der Waals surface area contributed by atoms with E-state index in [0.29, 0.717) is 0 Å². The van der Waals surface area contributed by atoms with E-state index in [2.05, 4.69) is 5.32 Å². The molecule has 2 amide bonds. The zero-order valence-electron chi connectivity index (χ0n) is 12.2. The van der Waals surface area contributed by atoms with E-state index in [-0.39, 0.29) is 29.9 Å². The first-order valence-corrected chi connectivity index (χ1v) is 6.83. The quantitative estimate of drug-likeness (QED) is 0.490. The Morgan fingerprint density at radius 3 is 2.18 bits per heavy atom. The van der Waals surface area contributed by atoms with Crippen LogP contribution in [0.1, 0.15) is 46.0 Å². The Labute approximate surface area is 126 Å². The minimum atomic E-state index is -1.40. The molecule has 0 saturated carbocycles. The highest BCUT2D eigenvalue weighted by Crippen LogP contribution is 2.28. The predicted octanol–water partition coefficient (Wildman–Crippen LogP) is 0.780. The van der Waals surface area contributed by atoms with Crippen molar-refractivity contribution in [1.29, 1.82) is 0 Å². The number of rotatable bonds is 5. The first-order valence-electron chi connectivity index (χ1n) is 6.83. The molecule has 0 atom stereocenters. The van der Waals surface area contributed by atoms with E-state index in [1.54, 1.807) is 13.8 Å². The van der Waals surface area contributed by atoms with Gasteiger partial charge in [0.1, 0.15) is 0 Å². The van der Waals surface area contributed by atoms with E-state index in [0.717, 1.165) is 0 Å². The fraction of sp³-hybridized carbons (Fsp3) is 0.333. The monoisotopic (exact) mass is 305 g/mol. The molecule has 0 fully saturated rings. The summed E-state index contributed by atoms with van der Waals surface area (Å²) in [7, 11) is 0. The summed E-state index contributed by atoms with van der Waals surface area (Å²) in [4.78, 5) is 47.8. The van der Waals surface area contributed by atoms with Crippen LogP contribution in [0.4, 0.5) is 0 Å². The number of amides is 2. The summed E-state index contributed by atoms with van der Waals surface area (Å²) >= 11 is 0. The molecule has 1 N–H and O–H groups in total. The number of benzene rings is 1. The number of ether oxygens (including phenoxy) is 2. The van der Waals surface area contributed by atoms with Crippen LogP contribution in [0.15, 0.2) is 18.2 Å². The Balaban J connectivity index is 2.54. The molecule has 1 aliphatic heterocycles. The van der Waals surface area contributed by atoms with Crippen molar-refractivity contribution < 1.29 is 28.7 Å². The molecule has 7 nitrogen and oxygen atoms in total. The van der Waals surface area contributed by atoms with Crippen LogP contribution >= 0.6 is 0 Å². The van der Waals surface area contributed by atoms with Crippen LogP contribution in [0.25, 0.3) is 0 Å². The molecule has 1 heterocycles. The number of imide groups is 1. The van der Waals surface area contributed by atoms with Gasteiger partial charge in [0.15, 0.2) is 5.92 Å². The molecule has 7 heteroatoms. The molecular weight excluding hydrogens is 290 g/mol. The second kappa shape index (κ2) is 6.38. The summed E-state index contributed by atoms with van der Waals surface area (Å²) in [5, 5.41) is 2.14. The molecule has 0 spiro atoms. The van der Waals surface area contributed by atoms with Gasteiger partial charge < -0.3 is 9.47 Å². The van der Waals surface area contributed by atoms with E-state index < -0.39 is 29.7 Å². The van der Waals surface area contributed by atoms with Gasteiger partial charge in [0.05, 0.1) is 24.3 Å². The lowest BCUT2D eigenvalue weighted by Gasteiger charge is -2.16. The van der Waals surface area contributed by atoms with Crippen LogP contribution in [0.5, 0.6) is 0 Å². The molecule has 0 saturated heterocycles. The highest BCUT2D eigenvalue weighted by Gasteiger charge is 2.38. The molecular formula is C15H15NO6. The first kappa shape index (κ1) is 15.7. The Kier molecular flexibility index (Phi) is 4.55. The predicted molar refractivity (Wildman–Crippen MR) is 74.2 cm³/mol. The lowest BCUT2D eigenvalue weighted by molar-refractivity contribution is -0.156. The average molecular weight is 305 g/mol. The third kappa shape index (κ3) is 2.69. The standard InChI is InChI=1S/C15H15NO6/c1-3-21-14(19)11(15(20)22-4-2)8-6-5-7-9-10(8)13(18)16-12(9)17/h5-7,11H,3-4H2,1-2H3,(H,16,17,18). The van der Waals surface area contributed by atoms with Gasteiger partial charge in [0.2, 0.25) is 0 Å². The lowest BCUT2D eigenvalue weighted by Crippen LogP contribution is -2.28. The number of hydrogen-bond donors (Lipinski definition) is 1. The van der Waals surface area contributed by atoms with E-state index in [1.807, 2.05) is 0 Å². The van der Waals surface area contributed by atoms with Crippen molar-refractivity contribution in [2.45, 2.75) is 19.8 Å². The zero-order valence-corrected chi connectivity index (χ0v) is 12.2. The Morgan fingerprint density at radius 2 is 1.64 bits per heavy atom. The highest BCUT2D eigenvalue weighted by molar-refractivity contribution is 6.23. The van der Waals surface area contributed by atoms with E-state index >= 15 is 0 Å². The van der Waals surface area contributed by atoms with Crippen LogP contribution in [-0.2, 0) is 19.1 Å². The Hall–Kier alpha value is -2.70. The maximum atomic E-state index is 12.1. The Bertz CT molecular complexity index is 633. The summed E-state index contributed by atoms with van der Waals surface area (Å²) in [5.74, 6) is -4.24.